The van der Waals surface area contributed by atoms with Crippen LogP contribution in [0.2, 0.25) is 0 Å². The number of hydrogen-bond donors (Lipinski definition) is 0. The van der Waals surface area contributed by atoms with E-state index in [1.165, 1.54) is 13.8 Å². The Morgan fingerprint density at radius 2 is 1.00 bits per heavy atom. The zero-order valence-electron chi connectivity index (χ0n) is 14.9. The van der Waals surface area contributed by atoms with Gasteiger partial charge in [0.15, 0.2) is 0 Å². The summed E-state index contributed by atoms with van der Waals surface area (Å²) in [6.45, 7) is 10.7. The van der Waals surface area contributed by atoms with Gasteiger partial charge < -0.3 is 9.47 Å². The van der Waals surface area contributed by atoms with Gasteiger partial charge in [0.2, 0.25) is 0 Å². The van der Waals surface area contributed by atoms with Gasteiger partial charge in [-0.15, -0.1) is 0 Å². The van der Waals surface area contributed by atoms with Crippen molar-refractivity contribution in [3.8, 4) is 22.6 Å². The highest BCUT2D eigenvalue weighted by atomic mass is 16.5. The molecule has 2 aromatic carbocycles. The van der Waals surface area contributed by atoms with E-state index in [9.17, 15) is 9.59 Å². The van der Waals surface area contributed by atoms with Gasteiger partial charge in [-0.3, -0.25) is 9.59 Å². The molecule has 0 saturated heterocycles. The van der Waals surface area contributed by atoms with Crippen LogP contribution in [-0.2, 0) is 9.59 Å². The van der Waals surface area contributed by atoms with Crippen molar-refractivity contribution in [2.75, 3.05) is 0 Å². The van der Waals surface area contributed by atoms with Crippen LogP contribution in [0.1, 0.15) is 36.1 Å². The van der Waals surface area contributed by atoms with Crippen LogP contribution in [0, 0.1) is 27.7 Å². The molecule has 0 spiro atoms. The summed E-state index contributed by atoms with van der Waals surface area (Å²) in [6.07, 6.45) is 0. The van der Waals surface area contributed by atoms with Crippen LogP contribution in [0.5, 0.6) is 11.5 Å². The highest BCUT2D eigenvalue weighted by Gasteiger charge is 2.21. The lowest BCUT2D eigenvalue weighted by Crippen LogP contribution is -2.07. The molecular weight excluding hydrogens is 304 g/mol. The molecule has 0 aliphatic heterocycles. The summed E-state index contributed by atoms with van der Waals surface area (Å²) < 4.78 is 10.8. The van der Waals surface area contributed by atoms with Gasteiger partial charge in [-0.1, -0.05) is 12.1 Å². The minimum absolute atomic E-state index is 0.390. The Kier molecular flexibility index (Phi) is 5.07. The van der Waals surface area contributed by atoms with Crippen LogP contribution in [0.3, 0.4) is 0 Å². The van der Waals surface area contributed by atoms with E-state index in [4.69, 9.17) is 9.47 Å². The summed E-state index contributed by atoms with van der Waals surface area (Å²) in [6, 6.07) is 7.37. The molecule has 0 atom stereocenters. The van der Waals surface area contributed by atoms with Gasteiger partial charge in [0, 0.05) is 25.0 Å². The molecule has 24 heavy (non-hydrogen) atoms. The smallest absolute Gasteiger partial charge is 0.308 e. The maximum Gasteiger partial charge on any atom is 0.308 e. The molecule has 0 fully saturated rings. The lowest BCUT2D eigenvalue weighted by molar-refractivity contribution is -0.132. The lowest BCUT2D eigenvalue weighted by atomic mass is 9.90. The summed E-state index contributed by atoms with van der Waals surface area (Å²) in [5, 5.41) is 0. The highest BCUT2D eigenvalue weighted by Crippen LogP contribution is 2.43. The number of aryl methyl sites for hydroxylation is 2. The summed E-state index contributed by atoms with van der Waals surface area (Å²) in [5.41, 5.74) is 5.66. The van der Waals surface area contributed by atoms with E-state index in [1.54, 1.807) is 12.1 Å². The van der Waals surface area contributed by atoms with Crippen molar-refractivity contribution in [2.45, 2.75) is 41.5 Å². The maximum atomic E-state index is 11.5. The predicted octanol–water partition coefficient (Wildman–Crippen LogP) is 4.44. The summed E-state index contributed by atoms with van der Waals surface area (Å²) in [7, 11) is 0. The first-order valence-electron chi connectivity index (χ1n) is 7.80. The number of benzene rings is 2. The number of carbonyl (C=O) groups is 2. The van der Waals surface area contributed by atoms with E-state index < -0.39 is 0 Å². The summed E-state index contributed by atoms with van der Waals surface area (Å²) in [5.74, 6) is 0.151. The monoisotopic (exact) mass is 326 g/mol. The van der Waals surface area contributed by atoms with E-state index in [0.29, 0.717) is 11.5 Å². The van der Waals surface area contributed by atoms with Crippen molar-refractivity contribution in [1.82, 2.24) is 0 Å². The maximum absolute atomic E-state index is 11.5. The fourth-order valence-electron chi connectivity index (χ4n) is 2.68. The molecule has 4 heteroatoms. The van der Waals surface area contributed by atoms with Crippen molar-refractivity contribution in [1.29, 1.82) is 0 Å². The fourth-order valence-corrected chi connectivity index (χ4v) is 2.68. The van der Waals surface area contributed by atoms with Gasteiger partial charge in [-0.2, -0.15) is 0 Å². The summed E-state index contributed by atoms with van der Waals surface area (Å²) >= 11 is 0. The first kappa shape index (κ1) is 17.7. The normalized spacial score (nSPS) is 10.4. The van der Waals surface area contributed by atoms with E-state index in [0.717, 1.165) is 33.4 Å². The largest absolute Gasteiger partial charge is 0.426 e. The standard InChI is InChI=1S/C20H22O4/c1-11-7-9-17(23-15(5)21)19(13(11)3)20-14(4)12(2)8-10-18(20)24-16(6)22/h7-10H,1-6H3. The Bertz CT molecular complexity index is 749. The molecular formula is C20H22O4. The van der Waals surface area contributed by atoms with Crippen molar-refractivity contribution < 1.29 is 19.1 Å². The van der Waals surface area contributed by atoms with Crippen LogP contribution < -0.4 is 9.47 Å². The van der Waals surface area contributed by atoms with Crippen molar-refractivity contribution in [2.24, 2.45) is 0 Å². The molecule has 0 radical (unpaired) electrons. The third-order valence-electron chi connectivity index (χ3n) is 4.15. The molecule has 2 aromatic rings. The number of esters is 2. The van der Waals surface area contributed by atoms with E-state index in [2.05, 4.69) is 0 Å². The minimum atomic E-state index is -0.390. The quantitative estimate of drug-likeness (QED) is 0.618. The zero-order chi connectivity index (χ0) is 18.0. The molecule has 2 rings (SSSR count). The second-order valence-corrected chi connectivity index (χ2v) is 5.95. The van der Waals surface area contributed by atoms with Crippen molar-refractivity contribution >= 4 is 11.9 Å². The minimum Gasteiger partial charge on any atom is -0.426 e. The number of carbonyl (C=O) groups excluding carboxylic acids is 2. The zero-order valence-corrected chi connectivity index (χ0v) is 14.9. The van der Waals surface area contributed by atoms with Crippen LogP contribution in [0.15, 0.2) is 24.3 Å². The van der Waals surface area contributed by atoms with Gasteiger partial charge in [-0.05, 0) is 62.1 Å². The molecule has 0 amide bonds. The highest BCUT2D eigenvalue weighted by molar-refractivity contribution is 5.86. The second kappa shape index (κ2) is 6.87. The molecule has 0 unspecified atom stereocenters. The van der Waals surface area contributed by atoms with Gasteiger partial charge >= 0.3 is 11.9 Å². The van der Waals surface area contributed by atoms with Crippen LogP contribution in [0.25, 0.3) is 11.1 Å². The third kappa shape index (κ3) is 3.48. The van der Waals surface area contributed by atoms with Crippen LogP contribution in [0.4, 0.5) is 0 Å². The fraction of sp³-hybridized carbons (Fsp3) is 0.300. The van der Waals surface area contributed by atoms with Crippen LogP contribution >= 0.6 is 0 Å². The second-order valence-electron chi connectivity index (χ2n) is 5.95. The van der Waals surface area contributed by atoms with Crippen molar-refractivity contribution in [3.05, 3.63) is 46.5 Å². The van der Waals surface area contributed by atoms with Gasteiger partial charge in [0.1, 0.15) is 11.5 Å². The summed E-state index contributed by atoms with van der Waals surface area (Å²) in [4.78, 5) is 23.0. The van der Waals surface area contributed by atoms with Crippen LogP contribution in [-0.4, -0.2) is 11.9 Å². The molecule has 0 heterocycles. The molecule has 0 aliphatic rings. The third-order valence-corrected chi connectivity index (χ3v) is 4.15. The Balaban J connectivity index is 2.84. The van der Waals surface area contributed by atoms with Gasteiger partial charge in [0.25, 0.3) is 0 Å². The average Bonchev–Trinajstić information content (AvgIpc) is 2.48. The molecule has 0 saturated carbocycles. The topological polar surface area (TPSA) is 52.6 Å². The Labute approximate surface area is 142 Å². The predicted molar refractivity (Wildman–Crippen MR) is 93.4 cm³/mol. The Morgan fingerprint density at radius 3 is 1.29 bits per heavy atom. The molecule has 0 bridgehead atoms. The number of rotatable bonds is 3. The first-order chi connectivity index (χ1) is 11.2. The van der Waals surface area contributed by atoms with E-state index in [1.807, 2.05) is 39.8 Å². The number of ether oxygens (including phenoxy) is 2. The molecule has 0 aliphatic carbocycles. The van der Waals surface area contributed by atoms with Crippen molar-refractivity contribution in [3.63, 3.8) is 0 Å². The molecule has 126 valence electrons. The molecule has 4 nitrogen and oxygen atoms in total. The van der Waals surface area contributed by atoms with E-state index >= 15 is 0 Å². The Hall–Kier alpha value is -2.62. The average molecular weight is 326 g/mol. The van der Waals surface area contributed by atoms with E-state index in [-0.39, 0.29) is 11.9 Å². The SMILES string of the molecule is CC(=O)Oc1ccc(C)c(C)c1-c1c(OC(C)=O)ccc(C)c1C. The lowest BCUT2D eigenvalue weighted by Gasteiger charge is -2.20. The Morgan fingerprint density at radius 1 is 0.667 bits per heavy atom. The number of hydrogen-bond acceptors (Lipinski definition) is 4. The molecule has 0 aromatic heterocycles. The first-order valence-corrected chi connectivity index (χ1v) is 7.80. The molecule has 0 N–H and O–H groups in total. The van der Waals surface area contributed by atoms with Gasteiger partial charge in [0.05, 0.1) is 0 Å². The van der Waals surface area contributed by atoms with Gasteiger partial charge in [-0.25, -0.2) is 0 Å².